The van der Waals surface area contributed by atoms with E-state index in [0.29, 0.717) is 0 Å². The fraction of sp³-hybridized carbons (Fsp3) is 0.143. The zero-order valence-corrected chi connectivity index (χ0v) is 9.40. The van der Waals surface area contributed by atoms with Gasteiger partial charge in [0, 0.05) is 17.3 Å². The fourth-order valence-electron chi connectivity index (χ4n) is 1.54. The molecule has 2 aromatic rings. The van der Waals surface area contributed by atoms with E-state index < -0.39 is 0 Å². The molecule has 0 amide bonds. The van der Waals surface area contributed by atoms with Gasteiger partial charge in [-0.3, -0.25) is 9.78 Å². The molecule has 80 valence electrons. The number of ketones is 1. The third-order valence-electron chi connectivity index (χ3n) is 2.48. The van der Waals surface area contributed by atoms with Crippen LogP contribution in [0.4, 0.5) is 0 Å². The van der Waals surface area contributed by atoms with Gasteiger partial charge < -0.3 is 0 Å². The minimum absolute atomic E-state index is 0.0777. The average molecular weight is 211 g/mol. The monoisotopic (exact) mass is 211 g/mol. The molecule has 0 spiro atoms. The molecule has 0 radical (unpaired) electrons. The minimum Gasteiger partial charge on any atom is -0.295 e. The normalized spacial score (nSPS) is 10.1. The van der Waals surface area contributed by atoms with Gasteiger partial charge in [0.05, 0.1) is 5.69 Å². The lowest BCUT2D eigenvalue weighted by atomic mass is 10.1. The van der Waals surface area contributed by atoms with E-state index in [1.54, 1.807) is 6.92 Å². The van der Waals surface area contributed by atoms with Crippen LogP contribution in [0.2, 0.25) is 0 Å². The number of hydrogen-bond donors (Lipinski definition) is 0. The Balaban J connectivity index is 2.44. The van der Waals surface area contributed by atoms with Crippen molar-refractivity contribution < 1.29 is 4.79 Å². The predicted molar refractivity (Wildman–Crippen MR) is 64.4 cm³/mol. The lowest BCUT2D eigenvalue weighted by Crippen LogP contribution is -1.92. The summed E-state index contributed by atoms with van der Waals surface area (Å²) in [5, 5.41) is 0. The molecule has 0 aliphatic heterocycles. The van der Waals surface area contributed by atoms with Crippen LogP contribution < -0.4 is 0 Å². The number of benzene rings is 1. The zero-order chi connectivity index (χ0) is 11.5. The smallest absolute Gasteiger partial charge is 0.159 e. The highest BCUT2D eigenvalue weighted by Gasteiger charge is 2.03. The van der Waals surface area contributed by atoms with Crippen LogP contribution in [-0.4, -0.2) is 10.8 Å². The molecule has 1 aromatic heterocycles. The molecule has 0 fully saturated rings. The molecule has 0 atom stereocenters. The Bertz CT molecular complexity index is 515. The van der Waals surface area contributed by atoms with E-state index in [1.807, 2.05) is 49.5 Å². The number of hydrogen-bond acceptors (Lipinski definition) is 2. The summed E-state index contributed by atoms with van der Waals surface area (Å²) in [6.45, 7) is 3.57. The van der Waals surface area contributed by atoms with Crippen LogP contribution >= 0.6 is 0 Å². The van der Waals surface area contributed by atoms with Gasteiger partial charge in [-0.1, -0.05) is 24.3 Å². The average Bonchev–Trinajstić information content (AvgIpc) is 2.30. The summed E-state index contributed by atoms with van der Waals surface area (Å²) in [5.41, 5.74) is 3.73. The van der Waals surface area contributed by atoms with Crippen molar-refractivity contribution in [3.05, 3.63) is 53.7 Å². The third-order valence-corrected chi connectivity index (χ3v) is 2.48. The van der Waals surface area contributed by atoms with Crippen molar-refractivity contribution in [1.29, 1.82) is 0 Å². The van der Waals surface area contributed by atoms with Gasteiger partial charge in [-0.25, -0.2) is 0 Å². The quantitative estimate of drug-likeness (QED) is 0.714. The first kappa shape index (κ1) is 10.6. The van der Waals surface area contributed by atoms with Crippen LogP contribution in [-0.2, 0) is 0 Å². The first-order chi connectivity index (χ1) is 7.66. The van der Waals surface area contributed by atoms with Crippen LogP contribution in [0, 0.1) is 6.92 Å². The number of rotatable bonds is 2. The highest BCUT2D eigenvalue weighted by molar-refractivity contribution is 5.95. The van der Waals surface area contributed by atoms with Crippen molar-refractivity contribution in [1.82, 2.24) is 4.98 Å². The topological polar surface area (TPSA) is 30.0 Å². The number of nitrogens with zero attached hydrogens (tertiary/aromatic N) is 1. The molecule has 0 saturated heterocycles. The fourth-order valence-corrected chi connectivity index (χ4v) is 1.54. The maximum Gasteiger partial charge on any atom is 0.159 e. The standard InChI is InChI=1S/C14H13NO/c1-10-6-7-14(15-9-10)13-5-3-4-12(8-13)11(2)16/h3-9H,1-2H3. The predicted octanol–water partition coefficient (Wildman–Crippen LogP) is 3.26. The Kier molecular flexibility index (Phi) is 2.82. The number of aryl methyl sites for hydroxylation is 1. The molecule has 1 aromatic carbocycles. The van der Waals surface area contributed by atoms with Crippen LogP contribution in [0.1, 0.15) is 22.8 Å². The zero-order valence-electron chi connectivity index (χ0n) is 9.40. The first-order valence-electron chi connectivity index (χ1n) is 5.21. The molecular formula is C14H13NO. The number of carbonyl (C=O) groups is 1. The van der Waals surface area contributed by atoms with Gasteiger partial charge in [-0.05, 0) is 31.5 Å². The number of carbonyl (C=O) groups excluding carboxylic acids is 1. The van der Waals surface area contributed by atoms with Gasteiger partial charge in [0.15, 0.2) is 5.78 Å². The van der Waals surface area contributed by atoms with Crippen LogP contribution in [0.3, 0.4) is 0 Å². The summed E-state index contributed by atoms with van der Waals surface area (Å²) < 4.78 is 0. The SMILES string of the molecule is CC(=O)c1cccc(-c2ccc(C)cn2)c1. The van der Waals surface area contributed by atoms with E-state index in [-0.39, 0.29) is 5.78 Å². The van der Waals surface area contributed by atoms with E-state index in [0.717, 1.165) is 22.4 Å². The second kappa shape index (κ2) is 4.27. The van der Waals surface area contributed by atoms with Gasteiger partial charge >= 0.3 is 0 Å². The lowest BCUT2D eigenvalue weighted by Gasteiger charge is -2.03. The van der Waals surface area contributed by atoms with Gasteiger partial charge in [-0.2, -0.15) is 0 Å². The maximum atomic E-state index is 11.3. The Morgan fingerprint density at radius 2 is 2.00 bits per heavy atom. The van der Waals surface area contributed by atoms with Crippen LogP contribution in [0.15, 0.2) is 42.6 Å². The van der Waals surface area contributed by atoms with E-state index in [4.69, 9.17) is 0 Å². The molecule has 1 heterocycles. The molecule has 0 aliphatic rings. The molecule has 0 aliphatic carbocycles. The van der Waals surface area contributed by atoms with Crippen molar-refractivity contribution in [2.45, 2.75) is 13.8 Å². The molecule has 0 bridgehead atoms. The largest absolute Gasteiger partial charge is 0.295 e. The Morgan fingerprint density at radius 1 is 1.19 bits per heavy atom. The van der Waals surface area contributed by atoms with E-state index >= 15 is 0 Å². The molecule has 2 rings (SSSR count). The second-order valence-corrected chi connectivity index (χ2v) is 3.86. The first-order valence-corrected chi connectivity index (χ1v) is 5.21. The highest BCUT2D eigenvalue weighted by atomic mass is 16.1. The Hall–Kier alpha value is -1.96. The van der Waals surface area contributed by atoms with Gasteiger partial charge in [0.1, 0.15) is 0 Å². The summed E-state index contributed by atoms with van der Waals surface area (Å²) >= 11 is 0. The summed E-state index contributed by atoms with van der Waals surface area (Å²) in [7, 11) is 0. The van der Waals surface area contributed by atoms with Crippen LogP contribution in [0.5, 0.6) is 0 Å². The third kappa shape index (κ3) is 2.16. The molecule has 16 heavy (non-hydrogen) atoms. The lowest BCUT2D eigenvalue weighted by molar-refractivity contribution is 0.101. The molecule has 2 heteroatoms. The van der Waals surface area contributed by atoms with E-state index in [1.165, 1.54) is 0 Å². The highest BCUT2D eigenvalue weighted by Crippen LogP contribution is 2.18. The minimum atomic E-state index is 0.0777. The van der Waals surface area contributed by atoms with E-state index in [2.05, 4.69) is 4.98 Å². The number of Topliss-reactive ketones (excluding diaryl/α,β-unsaturated/α-hetero) is 1. The number of pyridine rings is 1. The summed E-state index contributed by atoms with van der Waals surface area (Å²) in [4.78, 5) is 15.6. The maximum absolute atomic E-state index is 11.3. The van der Waals surface area contributed by atoms with Gasteiger partial charge in [0.25, 0.3) is 0 Å². The van der Waals surface area contributed by atoms with E-state index in [9.17, 15) is 4.79 Å². The molecule has 0 unspecified atom stereocenters. The molecule has 0 saturated carbocycles. The van der Waals surface area contributed by atoms with Crippen molar-refractivity contribution in [3.8, 4) is 11.3 Å². The number of aromatic nitrogens is 1. The Labute approximate surface area is 95.0 Å². The summed E-state index contributed by atoms with van der Waals surface area (Å²) in [6.07, 6.45) is 1.83. The summed E-state index contributed by atoms with van der Waals surface area (Å²) in [6, 6.07) is 11.5. The van der Waals surface area contributed by atoms with Gasteiger partial charge in [0.2, 0.25) is 0 Å². The van der Waals surface area contributed by atoms with Crippen molar-refractivity contribution in [3.63, 3.8) is 0 Å². The summed E-state index contributed by atoms with van der Waals surface area (Å²) in [5.74, 6) is 0.0777. The van der Waals surface area contributed by atoms with Crippen molar-refractivity contribution in [2.75, 3.05) is 0 Å². The van der Waals surface area contributed by atoms with Gasteiger partial charge in [-0.15, -0.1) is 0 Å². The molecule has 0 N–H and O–H groups in total. The molecular weight excluding hydrogens is 198 g/mol. The van der Waals surface area contributed by atoms with Crippen molar-refractivity contribution in [2.24, 2.45) is 0 Å². The Morgan fingerprint density at radius 3 is 2.62 bits per heavy atom. The second-order valence-electron chi connectivity index (χ2n) is 3.86. The van der Waals surface area contributed by atoms with Crippen LogP contribution in [0.25, 0.3) is 11.3 Å². The van der Waals surface area contributed by atoms with Crippen molar-refractivity contribution >= 4 is 5.78 Å². The molecule has 2 nitrogen and oxygen atoms in total.